The largest absolute Gasteiger partial charge is 0.309 e. The summed E-state index contributed by atoms with van der Waals surface area (Å²) in [5.41, 5.74) is 11.6. The van der Waals surface area contributed by atoms with Gasteiger partial charge in [0.15, 0.2) is 5.82 Å². The molecule has 242 valence electrons. The van der Waals surface area contributed by atoms with E-state index in [1.807, 2.05) is 0 Å². The predicted molar refractivity (Wildman–Crippen MR) is 217 cm³/mol. The molecule has 0 amide bonds. The molecule has 0 aliphatic carbocycles. The Balaban J connectivity index is 1.28. The zero-order valence-corrected chi connectivity index (χ0v) is 28.1. The lowest BCUT2D eigenvalue weighted by molar-refractivity contribution is 1.08. The van der Waals surface area contributed by atoms with Crippen molar-refractivity contribution in [2.24, 2.45) is 0 Å². The van der Waals surface area contributed by atoms with Crippen molar-refractivity contribution in [3.8, 4) is 33.9 Å². The Kier molecular flexibility index (Phi) is 6.22. The van der Waals surface area contributed by atoms with Crippen molar-refractivity contribution < 1.29 is 0 Å². The maximum Gasteiger partial charge on any atom is 0.165 e. The number of benzene rings is 8. The van der Waals surface area contributed by atoms with Gasteiger partial charge >= 0.3 is 0 Å². The maximum absolute atomic E-state index is 5.49. The molecule has 4 nitrogen and oxygen atoms in total. The van der Waals surface area contributed by atoms with E-state index in [0.717, 1.165) is 66.6 Å². The molecule has 0 aliphatic rings. The van der Waals surface area contributed by atoms with Gasteiger partial charge in [0.2, 0.25) is 0 Å². The maximum atomic E-state index is 5.49. The summed E-state index contributed by atoms with van der Waals surface area (Å²) in [5.74, 6) is 0.816. The molecule has 0 radical (unpaired) electrons. The molecule has 0 fully saturated rings. The first-order valence-corrected chi connectivity index (χ1v) is 17.7. The molecular weight excluding hydrogens is 633 g/mol. The lowest BCUT2D eigenvalue weighted by atomic mass is 10.1. The van der Waals surface area contributed by atoms with Crippen molar-refractivity contribution in [1.29, 1.82) is 0 Å². The molecule has 0 saturated carbocycles. The van der Waals surface area contributed by atoms with Crippen LogP contribution in [0.4, 0.5) is 0 Å². The topological polar surface area (TPSA) is 35.6 Å². The van der Waals surface area contributed by atoms with E-state index in [2.05, 4.69) is 191 Å². The normalized spacial score (nSPS) is 11.8. The van der Waals surface area contributed by atoms with Crippen LogP contribution < -0.4 is 0 Å². The van der Waals surface area contributed by atoms with Crippen LogP contribution in [0.25, 0.3) is 99.3 Å². The number of aromatic nitrogens is 4. The third-order valence-electron chi connectivity index (χ3n) is 10.5. The summed E-state index contributed by atoms with van der Waals surface area (Å²) in [7, 11) is 0. The molecule has 11 aromatic rings. The highest BCUT2D eigenvalue weighted by Gasteiger charge is 2.23. The van der Waals surface area contributed by atoms with Crippen LogP contribution in [0.3, 0.4) is 0 Å². The fourth-order valence-electron chi connectivity index (χ4n) is 8.19. The molecule has 0 aliphatic heterocycles. The quantitative estimate of drug-likeness (QED) is 0.176. The monoisotopic (exact) mass is 662 g/mol. The molecule has 8 aromatic carbocycles. The first-order valence-electron chi connectivity index (χ1n) is 17.7. The molecule has 11 rings (SSSR count). The Hall–Kier alpha value is -7.04. The summed E-state index contributed by atoms with van der Waals surface area (Å²) in [6, 6.07) is 64.8. The lowest BCUT2D eigenvalue weighted by Crippen LogP contribution is -2.04. The zero-order valence-electron chi connectivity index (χ0n) is 28.1. The van der Waals surface area contributed by atoms with E-state index in [9.17, 15) is 0 Å². The number of nitrogens with zero attached hydrogens (tertiary/aromatic N) is 4. The Morgan fingerprint density at radius 3 is 1.71 bits per heavy atom. The van der Waals surface area contributed by atoms with Gasteiger partial charge in [-0.3, -0.25) is 4.57 Å². The third-order valence-corrected chi connectivity index (χ3v) is 10.5. The Morgan fingerprint density at radius 1 is 0.346 bits per heavy atom. The number of hydrogen-bond acceptors (Lipinski definition) is 2. The van der Waals surface area contributed by atoms with E-state index in [1.54, 1.807) is 0 Å². The molecule has 0 spiro atoms. The van der Waals surface area contributed by atoms with Crippen LogP contribution in [0, 0.1) is 0 Å². The van der Waals surface area contributed by atoms with Crippen molar-refractivity contribution in [2.45, 2.75) is 0 Å². The fourth-order valence-corrected chi connectivity index (χ4v) is 8.19. The van der Waals surface area contributed by atoms with Gasteiger partial charge < -0.3 is 4.57 Å². The number of fused-ring (bicyclic) bond motifs is 5. The van der Waals surface area contributed by atoms with Crippen molar-refractivity contribution in [3.05, 3.63) is 182 Å². The van der Waals surface area contributed by atoms with E-state index in [1.165, 1.54) is 32.7 Å². The van der Waals surface area contributed by atoms with Gasteiger partial charge in [-0.1, -0.05) is 140 Å². The second kappa shape index (κ2) is 11.2. The van der Waals surface area contributed by atoms with Gasteiger partial charge in [0.05, 0.1) is 33.1 Å². The first-order chi connectivity index (χ1) is 25.8. The number of para-hydroxylation sites is 1. The van der Waals surface area contributed by atoms with Crippen molar-refractivity contribution in [1.82, 2.24) is 19.1 Å². The molecular formula is C48H30N4. The van der Waals surface area contributed by atoms with Gasteiger partial charge in [-0.05, 0) is 64.4 Å². The van der Waals surface area contributed by atoms with Crippen LogP contribution in [0.5, 0.6) is 0 Å². The third kappa shape index (κ3) is 4.21. The summed E-state index contributed by atoms with van der Waals surface area (Å²) in [6.45, 7) is 0. The van der Waals surface area contributed by atoms with Gasteiger partial charge in [-0.2, -0.15) is 0 Å². The molecule has 4 heteroatoms. The van der Waals surface area contributed by atoms with Gasteiger partial charge in [-0.15, -0.1) is 0 Å². The first kappa shape index (κ1) is 28.8. The summed E-state index contributed by atoms with van der Waals surface area (Å²) in [6.07, 6.45) is 0. The SMILES string of the molecule is c1ccc(-c2ccc(-n3c4ccccc4c4cccc5c4c4c3cccc4n5-c3nc4ccc5ccccc5c4nc3-c3ccccc3)cc2)cc1. The standard InChI is InChI=1S/C48H30N4/c1-3-13-31(14-4-1)32-25-28-35(29-26-32)51-40-21-10-9-19-37(40)38-20-11-22-41-44(38)45-42(51)23-12-24-43(45)52(41)48-46(34-16-5-2-6-17-34)50-47-36-18-8-7-15-33(36)27-30-39(47)49-48/h1-30H. The van der Waals surface area contributed by atoms with Crippen LogP contribution in [-0.2, 0) is 0 Å². The summed E-state index contributed by atoms with van der Waals surface area (Å²) in [5, 5.41) is 7.05. The lowest BCUT2D eigenvalue weighted by Gasteiger charge is -2.16. The smallest absolute Gasteiger partial charge is 0.165 e. The Labute approximate surface area is 299 Å². The zero-order chi connectivity index (χ0) is 34.2. The highest BCUT2D eigenvalue weighted by molar-refractivity contribution is 6.28. The van der Waals surface area contributed by atoms with Gasteiger partial charge in [-0.25, -0.2) is 9.97 Å². The summed E-state index contributed by atoms with van der Waals surface area (Å²) in [4.78, 5) is 11.0. The van der Waals surface area contributed by atoms with Crippen LogP contribution in [0.1, 0.15) is 0 Å². The van der Waals surface area contributed by atoms with Gasteiger partial charge in [0, 0.05) is 32.8 Å². The van der Waals surface area contributed by atoms with E-state index in [4.69, 9.17) is 9.97 Å². The Morgan fingerprint density at radius 2 is 0.923 bits per heavy atom. The second-order valence-electron chi connectivity index (χ2n) is 13.4. The molecule has 0 N–H and O–H groups in total. The second-order valence-corrected chi connectivity index (χ2v) is 13.4. The minimum Gasteiger partial charge on any atom is -0.309 e. The molecule has 0 atom stereocenters. The predicted octanol–water partition coefficient (Wildman–Crippen LogP) is 12.3. The minimum atomic E-state index is 0.816. The Bertz CT molecular complexity index is 3160. The fraction of sp³-hybridized carbons (Fsp3) is 0. The number of hydrogen-bond donors (Lipinski definition) is 0. The van der Waals surface area contributed by atoms with Crippen LogP contribution in [0.2, 0.25) is 0 Å². The summed E-state index contributed by atoms with van der Waals surface area (Å²) >= 11 is 0. The average Bonchev–Trinajstić information content (AvgIpc) is 3.50. The van der Waals surface area contributed by atoms with E-state index >= 15 is 0 Å². The average molecular weight is 663 g/mol. The molecule has 0 unspecified atom stereocenters. The molecule has 0 saturated heterocycles. The van der Waals surface area contributed by atoms with Crippen LogP contribution in [0.15, 0.2) is 182 Å². The van der Waals surface area contributed by atoms with Crippen molar-refractivity contribution in [3.63, 3.8) is 0 Å². The summed E-state index contributed by atoms with van der Waals surface area (Å²) < 4.78 is 4.76. The molecule has 3 aromatic heterocycles. The molecule has 52 heavy (non-hydrogen) atoms. The van der Waals surface area contributed by atoms with E-state index < -0.39 is 0 Å². The highest BCUT2D eigenvalue weighted by Crippen LogP contribution is 2.43. The highest BCUT2D eigenvalue weighted by atomic mass is 15.1. The van der Waals surface area contributed by atoms with Crippen molar-refractivity contribution in [2.75, 3.05) is 0 Å². The van der Waals surface area contributed by atoms with Gasteiger partial charge in [0.1, 0.15) is 5.69 Å². The van der Waals surface area contributed by atoms with E-state index in [-0.39, 0.29) is 0 Å². The number of rotatable bonds is 4. The van der Waals surface area contributed by atoms with Crippen LogP contribution in [-0.4, -0.2) is 19.1 Å². The minimum absolute atomic E-state index is 0.816. The molecule has 3 heterocycles. The van der Waals surface area contributed by atoms with Crippen LogP contribution >= 0.6 is 0 Å². The van der Waals surface area contributed by atoms with Gasteiger partial charge in [0.25, 0.3) is 0 Å². The van der Waals surface area contributed by atoms with E-state index in [0.29, 0.717) is 0 Å². The van der Waals surface area contributed by atoms with Crippen molar-refractivity contribution >= 4 is 65.4 Å². The molecule has 0 bridgehead atoms.